The molecule has 0 aromatic carbocycles. The van der Waals surface area contributed by atoms with Crippen LogP contribution in [0.15, 0.2) is 12.7 Å². The summed E-state index contributed by atoms with van der Waals surface area (Å²) in [5, 5.41) is 178. The Balaban J connectivity index is -0.000000117. The molecule has 0 aliphatic rings. The van der Waals surface area contributed by atoms with Crippen LogP contribution in [0.4, 0.5) is 0 Å². The Morgan fingerprint density at radius 1 is 0.300 bits per heavy atom. The van der Waals surface area contributed by atoms with Crippen molar-refractivity contribution >= 4 is 5.97 Å². The second-order valence-electron chi connectivity index (χ2n) is 11.2. The van der Waals surface area contributed by atoms with Gasteiger partial charge in [0, 0.05) is 6.08 Å². The van der Waals surface area contributed by atoms with Crippen LogP contribution in [0.1, 0.15) is 0 Å². The summed E-state index contributed by atoms with van der Waals surface area (Å²) < 4.78 is 0. The third-order valence-corrected chi connectivity index (χ3v) is 6.88. The first kappa shape index (κ1) is 60.5. The van der Waals surface area contributed by atoms with Crippen LogP contribution in [0, 0.1) is 27.1 Å². The largest absolute Gasteiger partial charge is 0.478 e. The van der Waals surface area contributed by atoms with E-state index in [2.05, 4.69) is 6.58 Å². The van der Waals surface area contributed by atoms with Crippen molar-refractivity contribution in [1.82, 2.24) is 0 Å². The van der Waals surface area contributed by atoms with Crippen molar-refractivity contribution in [2.75, 3.05) is 132 Å². The Hall–Kier alpha value is -1.59. The van der Waals surface area contributed by atoms with Gasteiger partial charge in [-0.15, -0.1) is 0 Å². The van der Waals surface area contributed by atoms with Crippen molar-refractivity contribution in [2.24, 2.45) is 27.1 Å². The molecule has 21 N–H and O–H groups in total. The SMILES string of the molecule is C=CC(=O)O.OCC(CO)(CO)CO.OCC(CO)(CO)CO.OCC(CO)(CO)CO.OCC(CO)(CO)CO.OCC(CO)(CO)CO. The van der Waals surface area contributed by atoms with Crippen LogP contribution in [0.3, 0.4) is 0 Å². The number of rotatable bonds is 21. The fourth-order valence-corrected chi connectivity index (χ4v) is 1.50. The zero-order valence-corrected chi connectivity index (χ0v) is 28.2. The zero-order valence-electron chi connectivity index (χ0n) is 28.2. The van der Waals surface area contributed by atoms with Crippen LogP contribution in [0.2, 0.25) is 0 Å². The molecule has 0 saturated carbocycles. The summed E-state index contributed by atoms with van der Waals surface area (Å²) in [6.07, 6.45) is 0.833. The average molecular weight is 753 g/mol. The van der Waals surface area contributed by atoms with Crippen LogP contribution in [-0.4, -0.2) is 245 Å². The first-order valence-corrected chi connectivity index (χ1v) is 14.5. The molecule has 0 fully saturated rings. The van der Waals surface area contributed by atoms with Crippen molar-refractivity contribution in [3.8, 4) is 0 Å². The van der Waals surface area contributed by atoms with E-state index in [0.717, 1.165) is 6.08 Å². The zero-order chi connectivity index (χ0) is 40.9. The van der Waals surface area contributed by atoms with Crippen molar-refractivity contribution in [3.63, 3.8) is 0 Å². The summed E-state index contributed by atoms with van der Waals surface area (Å²) in [5.74, 6) is -0.981. The van der Waals surface area contributed by atoms with E-state index in [1.54, 1.807) is 0 Å². The van der Waals surface area contributed by atoms with Gasteiger partial charge in [0.15, 0.2) is 0 Å². The molecule has 0 amide bonds. The number of carboxylic acids is 1. The fourth-order valence-electron chi connectivity index (χ4n) is 1.50. The molecule has 0 atom stereocenters. The molecule has 0 rings (SSSR count). The maximum absolute atomic E-state index is 9.25. The van der Waals surface area contributed by atoms with Crippen molar-refractivity contribution in [2.45, 2.75) is 0 Å². The van der Waals surface area contributed by atoms with Gasteiger partial charge in [0.2, 0.25) is 0 Å². The summed E-state index contributed by atoms with van der Waals surface area (Å²) in [7, 11) is 0. The van der Waals surface area contributed by atoms with Gasteiger partial charge in [0.25, 0.3) is 0 Å². The Morgan fingerprint density at radius 2 is 0.360 bits per heavy atom. The number of carbonyl (C=O) groups is 1. The molecule has 22 nitrogen and oxygen atoms in total. The summed E-state index contributed by atoms with van der Waals surface area (Å²) in [5.41, 5.74) is -5.56. The van der Waals surface area contributed by atoms with Gasteiger partial charge in [-0.05, 0) is 0 Å². The average Bonchev–Trinajstić information content (AvgIpc) is 3.19. The number of aliphatic carboxylic acids is 1. The van der Waals surface area contributed by atoms with Crippen LogP contribution >= 0.6 is 0 Å². The molecular formula is C28H64O22. The highest BCUT2D eigenvalue weighted by atomic mass is 16.4. The third-order valence-electron chi connectivity index (χ3n) is 6.88. The van der Waals surface area contributed by atoms with Crippen molar-refractivity contribution in [3.05, 3.63) is 12.7 Å². The maximum atomic E-state index is 9.25. The van der Waals surface area contributed by atoms with Gasteiger partial charge in [-0.1, -0.05) is 6.58 Å². The number of hydrogen-bond donors (Lipinski definition) is 21. The predicted octanol–water partition coefficient (Wildman–Crippen LogP) is -10.0. The standard InChI is InChI=1S/5C5H12O4.C3H4O2/c5*6-1-5(2-7,3-8)4-9;1-2-3(4)5/h5*6-9H,1-4H2;2H,1H2,(H,4,5). The number of aliphatic hydroxyl groups is 20. The first-order valence-electron chi connectivity index (χ1n) is 14.5. The van der Waals surface area contributed by atoms with E-state index < -0.39 is 165 Å². The predicted molar refractivity (Wildman–Crippen MR) is 172 cm³/mol. The van der Waals surface area contributed by atoms with Crippen LogP contribution in [0.25, 0.3) is 0 Å². The van der Waals surface area contributed by atoms with E-state index in [1.165, 1.54) is 0 Å². The summed E-state index contributed by atoms with van der Waals surface area (Å²) in [4.78, 5) is 9.25. The lowest BCUT2D eigenvalue weighted by Gasteiger charge is -2.23. The molecule has 0 radical (unpaired) electrons. The van der Waals surface area contributed by atoms with E-state index >= 15 is 0 Å². The fraction of sp³-hybridized carbons (Fsp3) is 0.893. The highest BCUT2D eigenvalue weighted by Gasteiger charge is 2.29. The van der Waals surface area contributed by atoms with E-state index in [0.29, 0.717) is 0 Å². The third kappa shape index (κ3) is 26.2. The monoisotopic (exact) mass is 752 g/mol. The van der Waals surface area contributed by atoms with Gasteiger partial charge < -0.3 is 107 Å². The molecule has 0 aliphatic heterocycles. The molecule has 0 unspecified atom stereocenters. The summed E-state index contributed by atoms with van der Waals surface area (Å²) >= 11 is 0. The molecule has 308 valence electrons. The second kappa shape index (κ2) is 37.2. The van der Waals surface area contributed by atoms with Crippen LogP contribution in [0.5, 0.6) is 0 Å². The Kier molecular flexibility index (Phi) is 45.0. The number of hydrogen-bond acceptors (Lipinski definition) is 21. The molecular weight excluding hydrogens is 688 g/mol. The van der Waals surface area contributed by atoms with E-state index in [9.17, 15) is 4.79 Å². The highest BCUT2D eigenvalue weighted by molar-refractivity contribution is 5.78. The summed E-state index contributed by atoms with van der Waals surface area (Å²) in [6.45, 7) is -5.16. The molecule has 50 heavy (non-hydrogen) atoms. The topological polar surface area (TPSA) is 442 Å². The minimum Gasteiger partial charge on any atom is -0.478 e. The highest BCUT2D eigenvalue weighted by Crippen LogP contribution is 2.14. The lowest BCUT2D eigenvalue weighted by atomic mass is 9.93. The Morgan fingerprint density at radius 3 is 0.360 bits per heavy atom. The maximum Gasteiger partial charge on any atom is 0.327 e. The van der Waals surface area contributed by atoms with E-state index in [4.69, 9.17) is 107 Å². The van der Waals surface area contributed by atoms with E-state index in [-0.39, 0.29) is 0 Å². The normalized spacial score (nSPS) is 11.4. The molecule has 0 bridgehead atoms. The van der Waals surface area contributed by atoms with Crippen LogP contribution in [-0.2, 0) is 4.79 Å². The summed E-state index contributed by atoms with van der Waals surface area (Å²) in [6, 6.07) is 0. The Bertz CT molecular complexity index is 504. The van der Waals surface area contributed by atoms with Crippen molar-refractivity contribution < 1.29 is 112 Å². The van der Waals surface area contributed by atoms with Gasteiger partial charge in [0.1, 0.15) is 0 Å². The smallest absolute Gasteiger partial charge is 0.327 e. The molecule has 0 aliphatic carbocycles. The molecule has 0 aromatic heterocycles. The van der Waals surface area contributed by atoms with Gasteiger partial charge >= 0.3 is 5.97 Å². The molecule has 0 aromatic rings. The molecule has 0 heterocycles. The minimum atomic E-state index is -1.11. The van der Waals surface area contributed by atoms with Crippen molar-refractivity contribution in [1.29, 1.82) is 0 Å². The van der Waals surface area contributed by atoms with Gasteiger partial charge in [0.05, 0.1) is 159 Å². The number of aliphatic hydroxyl groups excluding tert-OH is 20. The lowest BCUT2D eigenvalue weighted by molar-refractivity contribution is -0.131. The first-order chi connectivity index (χ1) is 23.5. The van der Waals surface area contributed by atoms with Gasteiger partial charge in [-0.3, -0.25) is 0 Å². The van der Waals surface area contributed by atoms with Gasteiger partial charge in [-0.2, -0.15) is 0 Å². The Labute approximate surface area is 290 Å². The lowest BCUT2D eigenvalue weighted by Crippen LogP contribution is -2.37. The molecule has 0 spiro atoms. The molecule has 0 saturated heterocycles. The number of carboxylic acid groups (broad SMARTS) is 1. The van der Waals surface area contributed by atoms with Gasteiger partial charge in [-0.25, -0.2) is 4.79 Å². The quantitative estimate of drug-likeness (QED) is 0.0484. The van der Waals surface area contributed by atoms with E-state index in [1.807, 2.05) is 0 Å². The minimum absolute atomic E-state index is 0.406. The molecule has 22 heteroatoms. The second-order valence-corrected chi connectivity index (χ2v) is 11.2. The van der Waals surface area contributed by atoms with Crippen LogP contribution < -0.4 is 0 Å².